The van der Waals surface area contributed by atoms with Gasteiger partial charge in [0, 0.05) is 18.3 Å². The zero-order valence-corrected chi connectivity index (χ0v) is 15.5. The van der Waals surface area contributed by atoms with Crippen molar-refractivity contribution in [3.05, 3.63) is 12.2 Å². The van der Waals surface area contributed by atoms with Crippen molar-refractivity contribution in [1.29, 1.82) is 0 Å². The Labute approximate surface area is 155 Å². The number of allylic oxidation sites excluding steroid dienone is 1. The molecule has 5 nitrogen and oxygen atoms in total. The van der Waals surface area contributed by atoms with Crippen LogP contribution in [0, 0.1) is 29.6 Å². The number of epoxide rings is 1. The van der Waals surface area contributed by atoms with Crippen molar-refractivity contribution in [2.75, 3.05) is 0 Å². The van der Waals surface area contributed by atoms with Crippen LogP contribution in [0.2, 0.25) is 0 Å². The average Bonchev–Trinajstić information content (AvgIpc) is 2.99. The second kappa shape index (κ2) is 7.72. The van der Waals surface area contributed by atoms with Crippen LogP contribution < -0.4 is 0 Å². The summed E-state index contributed by atoms with van der Waals surface area (Å²) in [5.74, 6) is 5.17. The Bertz CT molecular complexity index is 612. The fraction of sp³-hybridized carbons (Fsp3) is 0.762. The first-order valence-electron chi connectivity index (χ1n) is 9.77. The maximum Gasteiger partial charge on any atom is 0.338 e. The van der Waals surface area contributed by atoms with E-state index in [2.05, 4.69) is 18.4 Å². The fourth-order valence-corrected chi connectivity index (χ4v) is 4.90. The van der Waals surface area contributed by atoms with Crippen LogP contribution in [0.4, 0.5) is 0 Å². The van der Waals surface area contributed by atoms with Crippen LogP contribution in [0.1, 0.15) is 58.3 Å². The van der Waals surface area contributed by atoms with E-state index in [-0.39, 0.29) is 24.5 Å². The van der Waals surface area contributed by atoms with Gasteiger partial charge in [-0.2, -0.15) is 0 Å². The van der Waals surface area contributed by atoms with Gasteiger partial charge in [-0.3, -0.25) is 0 Å². The highest BCUT2D eigenvalue weighted by Crippen LogP contribution is 2.44. The molecule has 0 aromatic heterocycles. The lowest BCUT2D eigenvalue weighted by molar-refractivity contribution is -0.183. The van der Waals surface area contributed by atoms with Crippen molar-refractivity contribution < 1.29 is 24.9 Å². The highest BCUT2D eigenvalue weighted by Gasteiger charge is 2.54. The van der Waals surface area contributed by atoms with Gasteiger partial charge in [0.2, 0.25) is 0 Å². The molecule has 0 aromatic carbocycles. The molecule has 0 aromatic rings. The number of hydrogen-bond donors (Lipinski definition) is 3. The number of carboxylic acids is 1. The van der Waals surface area contributed by atoms with Crippen LogP contribution in [0.15, 0.2) is 12.2 Å². The van der Waals surface area contributed by atoms with E-state index in [4.69, 9.17) is 4.74 Å². The van der Waals surface area contributed by atoms with E-state index in [0.717, 1.165) is 32.1 Å². The number of carbonyl (C=O) groups is 1. The van der Waals surface area contributed by atoms with Crippen molar-refractivity contribution >= 4 is 5.97 Å². The van der Waals surface area contributed by atoms with Gasteiger partial charge in [-0.05, 0) is 44.9 Å². The predicted octanol–water partition coefficient (Wildman–Crippen LogP) is 2.51. The Morgan fingerprint density at radius 2 is 2.04 bits per heavy atom. The molecule has 0 bridgehead atoms. The molecule has 1 saturated heterocycles. The van der Waals surface area contributed by atoms with Crippen molar-refractivity contribution in [2.45, 2.75) is 82.2 Å². The van der Waals surface area contributed by atoms with Crippen molar-refractivity contribution in [2.24, 2.45) is 17.8 Å². The zero-order valence-electron chi connectivity index (χ0n) is 15.5. The van der Waals surface area contributed by atoms with Gasteiger partial charge < -0.3 is 20.1 Å². The topological polar surface area (TPSA) is 90.3 Å². The molecule has 3 aliphatic rings. The van der Waals surface area contributed by atoms with E-state index in [1.165, 1.54) is 5.57 Å². The number of ether oxygens (including phenoxy) is 1. The number of aliphatic hydroxyl groups is 2. The maximum atomic E-state index is 11.7. The molecule has 5 heteroatoms. The number of rotatable bonds is 7. The van der Waals surface area contributed by atoms with E-state index in [9.17, 15) is 20.1 Å². The molecular weight excluding hydrogens is 332 g/mol. The normalized spacial score (nSPS) is 34.8. The quantitative estimate of drug-likeness (QED) is 0.368. The second-order valence-electron chi connectivity index (χ2n) is 8.12. The molecule has 144 valence electrons. The lowest BCUT2D eigenvalue weighted by atomic mass is 9.79. The lowest BCUT2D eigenvalue weighted by Crippen LogP contribution is -2.55. The molecule has 3 fully saturated rings. The van der Waals surface area contributed by atoms with Crippen LogP contribution in [-0.2, 0) is 9.53 Å². The van der Waals surface area contributed by atoms with Gasteiger partial charge in [0.25, 0.3) is 0 Å². The molecule has 0 radical (unpaired) electrons. The summed E-state index contributed by atoms with van der Waals surface area (Å²) in [4.78, 5) is 11.7. The number of hydrogen-bond acceptors (Lipinski definition) is 4. The largest absolute Gasteiger partial charge is 0.479 e. The number of aliphatic hydroxyl groups excluding tert-OH is 1. The minimum absolute atomic E-state index is 0.00715. The molecule has 0 spiro atoms. The first-order valence-corrected chi connectivity index (χ1v) is 9.77. The summed E-state index contributed by atoms with van der Waals surface area (Å²) in [6.45, 7) is 6.01. The Morgan fingerprint density at radius 3 is 2.65 bits per heavy atom. The third-order valence-electron chi connectivity index (χ3n) is 6.57. The Kier molecular flexibility index (Phi) is 5.76. The molecule has 3 unspecified atom stereocenters. The monoisotopic (exact) mass is 362 g/mol. The smallest absolute Gasteiger partial charge is 0.338 e. The molecule has 3 rings (SSSR count). The van der Waals surface area contributed by atoms with Crippen molar-refractivity contribution in [3.63, 3.8) is 0 Å². The molecule has 1 aliphatic heterocycles. The summed E-state index contributed by atoms with van der Waals surface area (Å²) in [5, 5.41) is 30.8. The second-order valence-corrected chi connectivity index (χ2v) is 8.12. The van der Waals surface area contributed by atoms with Crippen LogP contribution >= 0.6 is 0 Å². The van der Waals surface area contributed by atoms with E-state index in [0.29, 0.717) is 24.7 Å². The minimum atomic E-state index is -2.07. The Balaban J connectivity index is 1.57. The maximum absolute atomic E-state index is 11.7. The van der Waals surface area contributed by atoms with E-state index >= 15 is 0 Å². The minimum Gasteiger partial charge on any atom is -0.479 e. The van der Waals surface area contributed by atoms with Crippen molar-refractivity contribution in [1.82, 2.24) is 0 Å². The van der Waals surface area contributed by atoms with Crippen LogP contribution in [0.3, 0.4) is 0 Å². The van der Waals surface area contributed by atoms with Crippen molar-refractivity contribution in [3.8, 4) is 11.8 Å². The number of carboxylic acid groups (broad SMARTS) is 1. The first-order chi connectivity index (χ1) is 12.4. The molecule has 2 saturated carbocycles. The summed E-state index contributed by atoms with van der Waals surface area (Å²) in [5.41, 5.74) is -0.860. The highest BCUT2D eigenvalue weighted by molar-refractivity contribution is 5.78. The van der Waals surface area contributed by atoms with Gasteiger partial charge in [-0.1, -0.05) is 30.9 Å². The summed E-state index contributed by atoms with van der Waals surface area (Å²) in [6.07, 6.45) is 4.58. The van der Waals surface area contributed by atoms with Crippen LogP contribution in [0.5, 0.6) is 0 Å². The Morgan fingerprint density at radius 1 is 1.35 bits per heavy atom. The molecule has 2 aliphatic carbocycles. The standard InChI is InChI=1S/C21H30O5/c1-3-6-14-10-9-13(2)16(14)11-17-18(26-17)12-19(22)21(25,20(23)24)15-7-4-5-8-15/h14-19,22,25H,2,4-5,7-12H2,1H3,(H,23,24)/t14-,16-,17+,18?,19?,21?/m0/s1. The first kappa shape index (κ1) is 19.4. The van der Waals surface area contributed by atoms with Gasteiger partial charge in [0.15, 0.2) is 5.60 Å². The SMILES string of the molecule is C=C1CC[C@H](C#CC)[C@H]1C[C@H]1OC1CC(O)C(O)(C(=O)O)C1CCCC1. The zero-order chi connectivity index (χ0) is 18.9. The fourth-order valence-electron chi connectivity index (χ4n) is 4.90. The molecule has 1 heterocycles. The van der Waals surface area contributed by atoms with Gasteiger partial charge in [-0.15, -0.1) is 5.92 Å². The van der Waals surface area contributed by atoms with E-state index < -0.39 is 17.7 Å². The van der Waals surface area contributed by atoms with Gasteiger partial charge >= 0.3 is 5.97 Å². The third-order valence-corrected chi connectivity index (χ3v) is 6.57. The molecule has 6 atom stereocenters. The van der Waals surface area contributed by atoms with Gasteiger partial charge in [-0.25, -0.2) is 4.79 Å². The van der Waals surface area contributed by atoms with Crippen LogP contribution in [0.25, 0.3) is 0 Å². The van der Waals surface area contributed by atoms with E-state index in [1.54, 1.807) is 0 Å². The van der Waals surface area contributed by atoms with Gasteiger partial charge in [0.1, 0.15) is 0 Å². The average molecular weight is 362 g/mol. The molecular formula is C21H30O5. The highest BCUT2D eigenvalue weighted by atomic mass is 16.6. The summed E-state index contributed by atoms with van der Waals surface area (Å²) in [7, 11) is 0. The predicted molar refractivity (Wildman–Crippen MR) is 97.2 cm³/mol. The van der Waals surface area contributed by atoms with Crippen LogP contribution in [-0.4, -0.2) is 45.2 Å². The molecule has 26 heavy (non-hydrogen) atoms. The van der Waals surface area contributed by atoms with Gasteiger partial charge in [0.05, 0.1) is 18.3 Å². The summed E-state index contributed by atoms with van der Waals surface area (Å²) < 4.78 is 5.71. The summed E-state index contributed by atoms with van der Waals surface area (Å²) >= 11 is 0. The molecule has 0 amide bonds. The lowest BCUT2D eigenvalue weighted by Gasteiger charge is -2.34. The number of aliphatic carboxylic acids is 1. The third kappa shape index (κ3) is 3.69. The van der Waals surface area contributed by atoms with E-state index in [1.807, 2.05) is 6.92 Å². The molecule has 3 N–H and O–H groups in total. The summed E-state index contributed by atoms with van der Waals surface area (Å²) in [6, 6.07) is 0. The Hall–Kier alpha value is -1.35.